The molecule has 6 rings (SSSR count). The molecule has 0 unspecified atom stereocenters. The Morgan fingerprint density at radius 3 is 2.60 bits per heavy atom. The van der Waals surface area contributed by atoms with E-state index in [1.54, 1.807) is 0 Å². The molecule has 3 saturated heterocycles. The number of likely N-dealkylation sites (tertiary alicyclic amines) is 1. The molecule has 0 aliphatic carbocycles. The van der Waals surface area contributed by atoms with Gasteiger partial charge in [0.2, 0.25) is 11.5 Å². The first kappa shape index (κ1) is 37.2. The molecule has 4 atom stereocenters. The Labute approximate surface area is 311 Å². The number of rotatable bonds is 10. The monoisotopic (exact) mass is 742 g/mol. The van der Waals surface area contributed by atoms with Crippen LogP contribution in [-0.2, 0) is 35.3 Å². The molecule has 0 bridgehead atoms. The van der Waals surface area contributed by atoms with Crippen molar-refractivity contribution in [3.05, 3.63) is 50.4 Å². The smallest absolute Gasteiger partial charge is 0.543 e. The second kappa shape index (κ2) is 15.0. The zero-order valence-electron chi connectivity index (χ0n) is 26.4. The molecule has 4 aliphatic rings. The van der Waals surface area contributed by atoms with Gasteiger partial charge in [-0.2, -0.15) is 9.36 Å². The van der Waals surface area contributed by atoms with Crippen LogP contribution in [0.25, 0.3) is 0 Å². The van der Waals surface area contributed by atoms with Crippen molar-refractivity contribution in [2.24, 2.45) is 5.16 Å². The van der Waals surface area contributed by atoms with Crippen molar-refractivity contribution in [3.8, 4) is 0 Å². The minimum Gasteiger partial charge on any atom is -0.543 e. The number of hydrogen-bond donors (Lipinski definition) is 5. The molecule has 4 aliphatic heterocycles. The number of amides is 3. The number of carboxylic acid groups (broad SMARTS) is 1. The van der Waals surface area contributed by atoms with Crippen LogP contribution in [0.4, 0.5) is 5.13 Å². The Morgan fingerprint density at radius 2 is 2.02 bits per heavy atom. The molecule has 0 spiro atoms. The molecule has 0 saturated carbocycles. The molecule has 23 heteroatoms. The second-order valence-electron chi connectivity index (χ2n) is 11.1. The van der Waals surface area contributed by atoms with Crippen LogP contribution in [0.3, 0.4) is 0 Å². The van der Waals surface area contributed by atoms with Gasteiger partial charge in [0.05, 0.1) is 29.9 Å². The average Bonchev–Trinajstić information content (AvgIpc) is 3.87. The van der Waals surface area contributed by atoms with E-state index in [0.717, 1.165) is 28.2 Å². The Kier molecular flexibility index (Phi) is 11.2. The third kappa shape index (κ3) is 6.70. The van der Waals surface area contributed by atoms with Crippen LogP contribution in [0, 0.1) is 6.92 Å². The molecule has 6 heterocycles. The number of oxime groups is 1. The van der Waals surface area contributed by atoms with Crippen molar-refractivity contribution in [1.82, 2.24) is 29.8 Å². The number of aliphatic hydroxyl groups is 1. The largest absolute Gasteiger partial charge is 1.00 e. The Hall–Kier alpha value is -4.06. The summed E-state index contributed by atoms with van der Waals surface area (Å²) >= 11 is 1.69. The second-order valence-corrected chi connectivity index (χ2v) is 13.0. The number of aryl methyl sites for hydroxylation is 1. The number of nitrogens with one attached hydrogen (secondary N) is 2. The van der Waals surface area contributed by atoms with Gasteiger partial charge in [0.1, 0.15) is 11.4 Å². The first-order valence-corrected chi connectivity index (χ1v) is 16.4. The fourth-order valence-corrected chi connectivity index (χ4v) is 7.90. The van der Waals surface area contributed by atoms with E-state index in [9.17, 15) is 44.2 Å². The van der Waals surface area contributed by atoms with E-state index in [-0.39, 0.29) is 81.4 Å². The summed E-state index contributed by atoms with van der Waals surface area (Å²) in [5.74, 6) is -7.34. The first-order chi connectivity index (χ1) is 23.4. The van der Waals surface area contributed by atoms with E-state index < -0.39 is 83.1 Å². The van der Waals surface area contributed by atoms with Gasteiger partial charge in [0.25, 0.3) is 17.7 Å². The number of aromatic nitrogens is 2. The minimum atomic E-state index is -1.86. The summed E-state index contributed by atoms with van der Waals surface area (Å²) in [7, 11) is 0. The normalized spacial score (nSPS) is 24.5. The van der Waals surface area contributed by atoms with E-state index in [1.165, 1.54) is 11.8 Å². The van der Waals surface area contributed by atoms with Crippen molar-refractivity contribution in [3.63, 3.8) is 0 Å². The van der Waals surface area contributed by atoms with Gasteiger partial charge in [-0.1, -0.05) is 5.16 Å². The van der Waals surface area contributed by atoms with Gasteiger partial charge in [-0.05, 0) is 19.9 Å². The number of aliphatic carboxylic acids is 1. The third-order valence-corrected chi connectivity index (χ3v) is 10.2. The first-order valence-electron chi connectivity index (χ1n) is 14.6. The standard InChI is InChI=1S/C27H28N8O12S2.Na/c1-9-14(47-27(43)46-9)7-45-25(42)15(12-4-11(6-36)34(21(12)38)10-2-3-29-5-10)13-8-48-23-17(22(39)35(23)18(13)24(40)41)30-20(37)16(32-44)19-31-26(28)49-33-19;/h10-11,17,23,29,36,44H,2-8H2,1H3,(H,30,37)(H,40,41)(H2,28,31,33);/q;+1/p-1/b15-12+,32-16-;/t10-,11+,17-,23-;/m1./s1. The van der Waals surface area contributed by atoms with E-state index in [0.29, 0.717) is 19.5 Å². The molecule has 2 aromatic heterocycles. The molecule has 20 nitrogen and oxygen atoms in total. The molecular weight excluding hydrogens is 715 g/mol. The maximum Gasteiger partial charge on any atom is 1.00 e. The molecule has 2 aromatic rings. The van der Waals surface area contributed by atoms with Crippen LogP contribution in [0.1, 0.15) is 30.2 Å². The minimum absolute atomic E-state index is 0. The van der Waals surface area contributed by atoms with Crippen molar-refractivity contribution >= 4 is 63.8 Å². The predicted molar refractivity (Wildman–Crippen MR) is 162 cm³/mol. The number of hydrogen-bond acceptors (Lipinski definition) is 19. The number of nitrogen functional groups attached to an aromatic ring is 1. The Balaban J connectivity index is 0.00000486. The number of β-lactam (4-membered cyclic amide) rings is 1. The van der Waals surface area contributed by atoms with Crippen LogP contribution < -0.4 is 56.9 Å². The maximum atomic E-state index is 13.9. The van der Waals surface area contributed by atoms with Gasteiger partial charge in [-0.25, -0.2) is 9.59 Å². The number of nitrogens with zero attached hydrogens (tertiary/aromatic N) is 5. The number of anilines is 1. The van der Waals surface area contributed by atoms with Crippen LogP contribution in [0.2, 0.25) is 0 Å². The van der Waals surface area contributed by atoms with Crippen molar-refractivity contribution in [1.29, 1.82) is 0 Å². The molecule has 0 radical (unpaired) electrons. The molecule has 6 N–H and O–H groups in total. The number of fused-ring (bicyclic) bond motifs is 1. The topological polar surface area (TPSA) is 296 Å². The fraction of sp³-hybridized carbons (Fsp3) is 0.444. The fourth-order valence-electron chi connectivity index (χ4n) is 6.12. The van der Waals surface area contributed by atoms with Crippen LogP contribution in [-0.4, -0.2) is 114 Å². The summed E-state index contributed by atoms with van der Waals surface area (Å²) < 4.78 is 18.9. The number of carbonyl (C=O) groups excluding carboxylic acids is 5. The van der Waals surface area contributed by atoms with E-state index in [2.05, 4.69) is 25.1 Å². The van der Waals surface area contributed by atoms with Crippen molar-refractivity contribution in [2.75, 3.05) is 31.2 Å². The number of aliphatic hydroxyl groups excluding tert-OH is 1. The molecule has 3 amide bonds. The number of esters is 1. The van der Waals surface area contributed by atoms with Gasteiger partial charge in [-0.15, -0.1) is 11.8 Å². The van der Waals surface area contributed by atoms with Gasteiger partial charge in [-0.3, -0.25) is 19.3 Å². The Bertz CT molecular complexity index is 1900. The number of thioether (sulfide) groups is 1. The zero-order valence-corrected chi connectivity index (χ0v) is 30.0. The summed E-state index contributed by atoms with van der Waals surface area (Å²) in [6.07, 6.45) is 0.418. The quantitative estimate of drug-likeness (QED) is 0.0288. The third-order valence-electron chi connectivity index (χ3n) is 8.36. The molecule has 260 valence electrons. The summed E-state index contributed by atoms with van der Waals surface area (Å²) in [6, 6.07) is -2.37. The number of carbonyl (C=O) groups is 5. The van der Waals surface area contributed by atoms with E-state index >= 15 is 0 Å². The molecule has 50 heavy (non-hydrogen) atoms. The van der Waals surface area contributed by atoms with Crippen LogP contribution in [0.5, 0.6) is 0 Å². The van der Waals surface area contributed by atoms with Crippen LogP contribution in [0.15, 0.2) is 41.2 Å². The summed E-state index contributed by atoms with van der Waals surface area (Å²) in [5, 5.41) is 39.7. The summed E-state index contributed by atoms with van der Waals surface area (Å²) in [4.78, 5) is 84.4. The average molecular weight is 743 g/mol. The zero-order chi connectivity index (χ0) is 35.1. The van der Waals surface area contributed by atoms with E-state index in [1.807, 2.05) is 0 Å². The Morgan fingerprint density at radius 1 is 1.26 bits per heavy atom. The van der Waals surface area contributed by atoms with Gasteiger partial charge in [0.15, 0.2) is 23.3 Å². The van der Waals surface area contributed by atoms with Crippen molar-refractivity contribution in [2.45, 2.75) is 49.9 Å². The van der Waals surface area contributed by atoms with E-state index in [4.69, 9.17) is 19.3 Å². The summed E-state index contributed by atoms with van der Waals surface area (Å²) in [5.41, 5.74) is 3.30. The number of ether oxygens (including phenoxy) is 1. The number of carboxylic acids is 1. The molecule has 3 fully saturated rings. The van der Waals surface area contributed by atoms with Gasteiger partial charge < -0.3 is 55.1 Å². The summed E-state index contributed by atoms with van der Waals surface area (Å²) in [6.45, 7) is 1.37. The molecular formula is C27H27N8NaO12S2. The SMILES string of the molecule is Cc1oc(=O)oc1COC(=O)/C(C1=C(C(=O)[O-])N2C(=O)[C@@H](NC(=O)/C(=N\O)c3nsc(N)n3)[C@H]2SC1)=C1\C[C@@H](CO)N([C@@H]2CCNC2)C1=O.[Na+]. The number of nitrogens with two attached hydrogens (primary N) is 1. The molecule has 0 aromatic carbocycles. The van der Waals surface area contributed by atoms with Gasteiger partial charge >= 0.3 is 41.3 Å². The van der Waals surface area contributed by atoms with Crippen LogP contribution >= 0.6 is 23.3 Å². The predicted octanol–water partition coefficient (Wildman–Crippen LogP) is -6.44. The van der Waals surface area contributed by atoms with Gasteiger partial charge in [0, 0.05) is 47.4 Å². The van der Waals surface area contributed by atoms with Crippen molar-refractivity contribution < 1.29 is 82.5 Å². The maximum absolute atomic E-state index is 13.9.